The molecule has 1 aliphatic rings. The van der Waals surface area contributed by atoms with Gasteiger partial charge in [0.2, 0.25) is 5.91 Å². The fraction of sp³-hybridized carbons (Fsp3) is 0.350. The molecule has 1 saturated heterocycles. The van der Waals surface area contributed by atoms with Gasteiger partial charge in [-0.3, -0.25) is 4.79 Å². The number of hydrogen-bond donors (Lipinski definition) is 0. The van der Waals surface area contributed by atoms with Gasteiger partial charge in [0.05, 0.1) is 23.3 Å². The van der Waals surface area contributed by atoms with Crippen molar-refractivity contribution in [1.29, 1.82) is 0 Å². The number of anilines is 1. The van der Waals surface area contributed by atoms with Gasteiger partial charge < -0.3 is 9.47 Å². The monoisotopic (exact) mass is 462 g/mol. The van der Waals surface area contributed by atoms with Crippen molar-refractivity contribution in [2.24, 2.45) is 7.05 Å². The number of carbonyl (C=O) groups is 1. The first-order chi connectivity index (χ1) is 14.4. The second-order valence-electron chi connectivity index (χ2n) is 7.16. The van der Waals surface area contributed by atoms with Gasteiger partial charge in [-0.1, -0.05) is 36.0 Å². The third-order valence-electron chi connectivity index (χ3n) is 5.04. The zero-order valence-electron chi connectivity index (χ0n) is 16.5. The molecule has 1 fully saturated rings. The number of hydrogen-bond acceptors (Lipinski definition) is 7. The van der Waals surface area contributed by atoms with Crippen LogP contribution in [0.2, 0.25) is 0 Å². The highest BCUT2D eigenvalue weighted by molar-refractivity contribution is 7.99. The molecular formula is C20H22N4O3S3. The topological polar surface area (TPSA) is 85.2 Å². The SMILES string of the molecule is Cn1c(Cc2cccs2)nnc1SCC(=O)N(c1ccccc1)[C@@H]1CCS(=O)(=O)C1. The molecule has 7 nitrogen and oxygen atoms in total. The van der Waals surface area contributed by atoms with Crippen LogP contribution in [-0.2, 0) is 28.1 Å². The number of aromatic nitrogens is 3. The van der Waals surface area contributed by atoms with Gasteiger partial charge in [-0.15, -0.1) is 21.5 Å². The lowest BCUT2D eigenvalue weighted by atomic mass is 10.2. The van der Waals surface area contributed by atoms with Gasteiger partial charge in [0.1, 0.15) is 5.82 Å². The summed E-state index contributed by atoms with van der Waals surface area (Å²) in [5.41, 5.74) is 0.724. The minimum Gasteiger partial charge on any atom is -0.309 e. The Morgan fingerprint density at radius 3 is 2.70 bits per heavy atom. The Labute approximate surface area is 184 Å². The van der Waals surface area contributed by atoms with Crippen LogP contribution in [0.25, 0.3) is 0 Å². The molecule has 1 aromatic carbocycles. The van der Waals surface area contributed by atoms with Crippen molar-refractivity contribution in [2.45, 2.75) is 24.0 Å². The highest BCUT2D eigenvalue weighted by atomic mass is 32.2. The molecule has 10 heteroatoms. The zero-order chi connectivity index (χ0) is 21.1. The number of benzene rings is 1. The number of para-hydroxylation sites is 1. The number of nitrogens with zero attached hydrogens (tertiary/aromatic N) is 4. The second kappa shape index (κ2) is 8.91. The fourth-order valence-electron chi connectivity index (χ4n) is 3.52. The van der Waals surface area contributed by atoms with Crippen LogP contribution in [0.15, 0.2) is 53.0 Å². The van der Waals surface area contributed by atoms with Crippen molar-refractivity contribution in [1.82, 2.24) is 14.8 Å². The maximum absolute atomic E-state index is 13.1. The van der Waals surface area contributed by atoms with Crippen molar-refractivity contribution in [3.05, 3.63) is 58.5 Å². The summed E-state index contributed by atoms with van der Waals surface area (Å²) in [6.07, 6.45) is 1.16. The predicted molar refractivity (Wildman–Crippen MR) is 120 cm³/mol. The van der Waals surface area contributed by atoms with Crippen LogP contribution in [0.1, 0.15) is 17.1 Å². The molecule has 1 amide bonds. The zero-order valence-corrected chi connectivity index (χ0v) is 18.9. The lowest BCUT2D eigenvalue weighted by Crippen LogP contribution is -2.42. The molecule has 1 atom stereocenters. The van der Waals surface area contributed by atoms with E-state index in [1.807, 2.05) is 53.4 Å². The third-order valence-corrected chi connectivity index (χ3v) is 8.67. The summed E-state index contributed by atoms with van der Waals surface area (Å²) < 4.78 is 25.9. The molecular weight excluding hydrogens is 440 g/mol. The van der Waals surface area contributed by atoms with Gasteiger partial charge in [-0.05, 0) is 30.0 Å². The summed E-state index contributed by atoms with van der Waals surface area (Å²) >= 11 is 2.99. The van der Waals surface area contributed by atoms with E-state index < -0.39 is 9.84 Å². The lowest BCUT2D eigenvalue weighted by molar-refractivity contribution is -0.116. The number of thiophene rings is 1. The molecule has 3 heterocycles. The summed E-state index contributed by atoms with van der Waals surface area (Å²) in [4.78, 5) is 16.0. The van der Waals surface area contributed by atoms with Crippen molar-refractivity contribution in [3.63, 3.8) is 0 Å². The van der Waals surface area contributed by atoms with Gasteiger partial charge in [0.25, 0.3) is 0 Å². The molecule has 3 aromatic rings. The van der Waals surface area contributed by atoms with E-state index in [1.54, 1.807) is 16.2 Å². The van der Waals surface area contributed by atoms with Crippen LogP contribution in [0.3, 0.4) is 0 Å². The number of amides is 1. The minimum absolute atomic E-state index is 0.00717. The number of sulfone groups is 1. The van der Waals surface area contributed by atoms with E-state index in [0.717, 1.165) is 11.5 Å². The molecule has 0 spiro atoms. The van der Waals surface area contributed by atoms with Crippen molar-refractivity contribution >= 4 is 44.5 Å². The largest absolute Gasteiger partial charge is 0.309 e. The van der Waals surface area contributed by atoms with Crippen LogP contribution in [0.4, 0.5) is 5.69 Å². The average Bonchev–Trinajstić information content (AvgIpc) is 3.44. The first-order valence-electron chi connectivity index (χ1n) is 9.54. The smallest absolute Gasteiger partial charge is 0.237 e. The Hall–Kier alpha value is -2.17. The molecule has 0 aliphatic carbocycles. The number of carbonyl (C=O) groups excluding carboxylic acids is 1. The van der Waals surface area contributed by atoms with Gasteiger partial charge in [-0.2, -0.15) is 0 Å². The molecule has 0 bridgehead atoms. The third kappa shape index (κ3) is 4.76. The molecule has 2 aromatic heterocycles. The summed E-state index contributed by atoms with van der Waals surface area (Å²) in [6.45, 7) is 0. The van der Waals surface area contributed by atoms with Gasteiger partial charge in [-0.25, -0.2) is 8.42 Å². The van der Waals surface area contributed by atoms with Crippen molar-refractivity contribution in [3.8, 4) is 0 Å². The van der Waals surface area contributed by atoms with E-state index in [4.69, 9.17) is 0 Å². The number of rotatable bonds is 7. The van der Waals surface area contributed by atoms with Crippen LogP contribution in [-0.4, -0.2) is 52.4 Å². The van der Waals surface area contributed by atoms with E-state index >= 15 is 0 Å². The predicted octanol–water partition coefficient (Wildman–Crippen LogP) is 2.78. The highest BCUT2D eigenvalue weighted by Gasteiger charge is 2.35. The standard InChI is InChI=1S/C20H22N4O3S3/c1-23-18(12-17-8-5-10-28-17)21-22-20(23)29-13-19(25)24(15-6-3-2-4-7-15)16-9-11-30(26,27)14-16/h2-8,10,16H,9,11-14H2,1H3/t16-/m1/s1. The Morgan fingerprint density at radius 1 is 1.23 bits per heavy atom. The first-order valence-corrected chi connectivity index (χ1v) is 13.2. The molecule has 4 rings (SSSR count). The van der Waals surface area contributed by atoms with Crippen LogP contribution in [0.5, 0.6) is 0 Å². The van der Waals surface area contributed by atoms with Crippen LogP contribution in [0, 0.1) is 0 Å². The fourth-order valence-corrected chi connectivity index (χ4v) is 6.71. The van der Waals surface area contributed by atoms with Gasteiger partial charge >= 0.3 is 0 Å². The Balaban J connectivity index is 1.47. The summed E-state index contributed by atoms with van der Waals surface area (Å²) in [7, 11) is -1.21. The van der Waals surface area contributed by atoms with E-state index in [-0.39, 0.29) is 29.2 Å². The Morgan fingerprint density at radius 2 is 2.03 bits per heavy atom. The van der Waals surface area contributed by atoms with E-state index in [2.05, 4.69) is 16.3 Å². The minimum atomic E-state index is -3.10. The summed E-state index contributed by atoms with van der Waals surface area (Å²) in [5, 5.41) is 11.2. The average molecular weight is 463 g/mol. The van der Waals surface area contributed by atoms with Gasteiger partial charge in [0.15, 0.2) is 15.0 Å². The van der Waals surface area contributed by atoms with E-state index in [9.17, 15) is 13.2 Å². The first kappa shape index (κ1) is 21.1. The molecule has 0 unspecified atom stereocenters. The van der Waals surface area contributed by atoms with E-state index in [0.29, 0.717) is 18.0 Å². The highest BCUT2D eigenvalue weighted by Crippen LogP contribution is 2.27. The quantitative estimate of drug-likeness (QED) is 0.502. The molecule has 0 saturated carbocycles. The molecule has 0 radical (unpaired) electrons. The van der Waals surface area contributed by atoms with Crippen LogP contribution < -0.4 is 4.90 Å². The van der Waals surface area contributed by atoms with Crippen molar-refractivity contribution in [2.75, 3.05) is 22.2 Å². The maximum atomic E-state index is 13.1. The molecule has 158 valence electrons. The van der Waals surface area contributed by atoms with Gasteiger partial charge in [0, 0.05) is 24.0 Å². The Kier molecular flexibility index (Phi) is 6.26. The number of thioether (sulfide) groups is 1. The summed E-state index contributed by atoms with van der Waals surface area (Å²) in [6, 6.07) is 13.0. The van der Waals surface area contributed by atoms with E-state index in [1.165, 1.54) is 16.6 Å². The molecule has 30 heavy (non-hydrogen) atoms. The maximum Gasteiger partial charge on any atom is 0.237 e. The normalized spacial score (nSPS) is 17.8. The van der Waals surface area contributed by atoms with Crippen molar-refractivity contribution < 1.29 is 13.2 Å². The van der Waals surface area contributed by atoms with Crippen LogP contribution >= 0.6 is 23.1 Å². The molecule has 0 N–H and O–H groups in total. The second-order valence-corrected chi connectivity index (χ2v) is 11.4. The Bertz CT molecular complexity index is 1110. The lowest BCUT2D eigenvalue weighted by Gasteiger charge is -2.28. The summed E-state index contributed by atoms with van der Waals surface area (Å²) in [5.74, 6) is 1.01. The molecule has 1 aliphatic heterocycles.